The lowest BCUT2D eigenvalue weighted by atomic mass is 10.1. The van der Waals surface area contributed by atoms with Crippen LogP contribution < -0.4 is 4.90 Å². The van der Waals surface area contributed by atoms with Crippen LogP contribution in [0.1, 0.15) is 26.4 Å². The lowest BCUT2D eigenvalue weighted by molar-refractivity contribution is 0.0746. The maximum Gasteiger partial charge on any atom is 0.253 e. The van der Waals surface area contributed by atoms with Crippen LogP contribution >= 0.6 is 11.6 Å². The second-order valence-corrected chi connectivity index (χ2v) is 8.75. The molecule has 1 fully saturated rings. The summed E-state index contributed by atoms with van der Waals surface area (Å²) in [6.07, 6.45) is 4.77. The highest BCUT2D eigenvalue weighted by atomic mass is 35.5. The van der Waals surface area contributed by atoms with Crippen LogP contribution in [0.25, 0.3) is 17.1 Å². The first kappa shape index (κ1) is 22.7. The minimum Gasteiger partial charge on any atom is -0.368 e. The Labute approximate surface area is 208 Å². The lowest BCUT2D eigenvalue weighted by Gasteiger charge is -2.36. The number of ketones is 1. The van der Waals surface area contributed by atoms with Gasteiger partial charge in [-0.15, -0.1) is 0 Å². The number of hydrogen-bond acceptors (Lipinski definition) is 5. The van der Waals surface area contributed by atoms with E-state index in [1.165, 1.54) is 6.08 Å². The van der Waals surface area contributed by atoms with Gasteiger partial charge >= 0.3 is 0 Å². The third-order valence-electron chi connectivity index (χ3n) is 6.03. The summed E-state index contributed by atoms with van der Waals surface area (Å²) in [6, 6.07) is 22.1. The summed E-state index contributed by atoms with van der Waals surface area (Å²) in [4.78, 5) is 38.5. The fraction of sp³-hybridized carbons (Fsp3) is 0.143. The van der Waals surface area contributed by atoms with Gasteiger partial charge in [0.1, 0.15) is 0 Å². The Hall–Kier alpha value is -4.03. The summed E-state index contributed by atoms with van der Waals surface area (Å²) in [5, 5.41) is 0.704. The quantitative estimate of drug-likeness (QED) is 0.291. The molecule has 4 aromatic rings. The van der Waals surface area contributed by atoms with Crippen molar-refractivity contribution in [2.24, 2.45) is 0 Å². The Kier molecular flexibility index (Phi) is 6.55. The van der Waals surface area contributed by atoms with Crippen molar-refractivity contribution in [3.63, 3.8) is 0 Å². The standard InChI is InChI=1S/C28H23ClN4O2/c29-22-4-3-5-24(18-22)32-14-16-33(17-15-32)28(35)21-10-8-20(9-11-21)27(34)13-12-23-19-30-25-6-1-2-7-26(25)31-23/h1-13,18-19H,14-17H2. The van der Waals surface area contributed by atoms with Gasteiger partial charge in [0.15, 0.2) is 5.78 Å². The molecule has 5 rings (SSSR count). The largest absolute Gasteiger partial charge is 0.368 e. The molecule has 1 saturated heterocycles. The number of allylic oxidation sites excluding steroid dienone is 1. The number of carbonyl (C=O) groups excluding carboxylic acids is 2. The number of piperazine rings is 1. The van der Waals surface area contributed by atoms with Crippen LogP contribution in [0.2, 0.25) is 5.02 Å². The fourth-order valence-electron chi connectivity index (χ4n) is 4.11. The number of hydrogen-bond donors (Lipinski definition) is 0. The summed E-state index contributed by atoms with van der Waals surface area (Å²) in [5.41, 5.74) is 4.34. The molecule has 0 bridgehead atoms. The number of aromatic nitrogens is 2. The highest BCUT2D eigenvalue weighted by Crippen LogP contribution is 2.21. The van der Waals surface area contributed by atoms with E-state index < -0.39 is 0 Å². The van der Waals surface area contributed by atoms with Gasteiger partial charge in [0.2, 0.25) is 0 Å². The number of anilines is 1. The van der Waals surface area contributed by atoms with E-state index in [-0.39, 0.29) is 11.7 Å². The van der Waals surface area contributed by atoms with Gasteiger partial charge in [-0.2, -0.15) is 0 Å². The van der Waals surface area contributed by atoms with Gasteiger partial charge in [-0.3, -0.25) is 14.6 Å². The van der Waals surface area contributed by atoms with E-state index in [9.17, 15) is 9.59 Å². The van der Waals surface area contributed by atoms with E-state index >= 15 is 0 Å². The number of carbonyl (C=O) groups is 2. The van der Waals surface area contributed by atoms with Crippen LogP contribution in [0.5, 0.6) is 0 Å². The van der Waals surface area contributed by atoms with Crippen molar-refractivity contribution in [1.29, 1.82) is 0 Å². The van der Waals surface area contributed by atoms with Crippen molar-refractivity contribution in [2.75, 3.05) is 31.1 Å². The molecule has 1 aromatic heterocycles. The molecule has 2 heterocycles. The highest BCUT2D eigenvalue weighted by Gasteiger charge is 2.22. The topological polar surface area (TPSA) is 66.4 Å². The van der Waals surface area contributed by atoms with E-state index in [0.717, 1.165) is 29.8 Å². The molecule has 6 nitrogen and oxygen atoms in total. The Morgan fingerprint density at radius 2 is 1.54 bits per heavy atom. The molecular formula is C28H23ClN4O2. The van der Waals surface area contributed by atoms with Gasteiger partial charge in [-0.05, 0) is 54.6 Å². The molecule has 0 unspecified atom stereocenters. The van der Waals surface area contributed by atoms with E-state index in [2.05, 4.69) is 14.9 Å². The number of nitrogens with zero attached hydrogens (tertiary/aromatic N) is 4. The van der Waals surface area contributed by atoms with Gasteiger partial charge in [-0.1, -0.05) is 41.9 Å². The SMILES string of the molecule is O=C(C=Cc1cnc2ccccc2n1)c1ccc(C(=O)N2CCN(c3cccc(Cl)c3)CC2)cc1. The third kappa shape index (κ3) is 5.23. The zero-order valence-corrected chi connectivity index (χ0v) is 19.7. The summed E-state index contributed by atoms with van der Waals surface area (Å²) >= 11 is 6.10. The van der Waals surface area contributed by atoms with Crippen molar-refractivity contribution in [3.05, 3.63) is 107 Å². The molecular weight excluding hydrogens is 460 g/mol. The molecule has 0 aliphatic carbocycles. The first-order valence-corrected chi connectivity index (χ1v) is 11.8. The minimum atomic E-state index is -0.158. The second-order valence-electron chi connectivity index (χ2n) is 8.32. The Balaban J connectivity index is 1.20. The summed E-state index contributed by atoms with van der Waals surface area (Å²) in [5.74, 6) is -0.189. The monoisotopic (exact) mass is 482 g/mol. The van der Waals surface area contributed by atoms with Crippen LogP contribution in [0.3, 0.4) is 0 Å². The van der Waals surface area contributed by atoms with E-state index in [4.69, 9.17) is 11.6 Å². The van der Waals surface area contributed by atoms with Crippen LogP contribution in [-0.2, 0) is 0 Å². The molecule has 3 aromatic carbocycles. The molecule has 174 valence electrons. The number of benzene rings is 3. The number of rotatable bonds is 5. The Morgan fingerprint density at radius 1 is 0.829 bits per heavy atom. The van der Waals surface area contributed by atoms with Crippen LogP contribution in [0.4, 0.5) is 5.69 Å². The summed E-state index contributed by atoms with van der Waals surface area (Å²) in [7, 11) is 0. The number of halogens is 1. The molecule has 0 radical (unpaired) electrons. The van der Waals surface area contributed by atoms with Crippen LogP contribution in [0, 0.1) is 0 Å². The van der Waals surface area contributed by atoms with Crippen molar-refractivity contribution in [3.8, 4) is 0 Å². The number of para-hydroxylation sites is 2. The van der Waals surface area contributed by atoms with Gasteiger partial charge in [-0.25, -0.2) is 4.98 Å². The molecule has 0 spiro atoms. The molecule has 0 N–H and O–H groups in total. The maximum absolute atomic E-state index is 13.0. The lowest BCUT2D eigenvalue weighted by Crippen LogP contribution is -2.48. The molecule has 1 amide bonds. The van der Waals surface area contributed by atoms with Crippen LogP contribution in [-0.4, -0.2) is 52.7 Å². The van der Waals surface area contributed by atoms with Crippen molar-refractivity contribution in [1.82, 2.24) is 14.9 Å². The van der Waals surface area contributed by atoms with Gasteiger partial charge in [0.05, 0.1) is 22.9 Å². The normalized spacial score (nSPS) is 14.0. The van der Waals surface area contributed by atoms with E-state index in [1.54, 1.807) is 36.5 Å². The van der Waals surface area contributed by atoms with Gasteiger partial charge < -0.3 is 9.80 Å². The number of fused-ring (bicyclic) bond motifs is 1. The van der Waals surface area contributed by atoms with Crippen molar-refractivity contribution in [2.45, 2.75) is 0 Å². The molecule has 1 aliphatic rings. The zero-order chi connectivity index (χ0) is 24.2. The molecule has 1 aliphatic heterocycles. The Morgan fingerprint density at radius 3 is 2.29 bits per heavy atom. The minimum absolute atomic E-state index is 0.0308. The summed E-state index contributed by atoms with van der Waals surface area (Å²) < 4.78 is 0. The highest BCUT2D eigenvalue weighted by molar-refractivity contribution is 6.30. The molecule has 35 heavy (non-hydrogen) atoms. The summed E-state index contributed by atoms with van der Waals surface area (Å²) in [6.45, 7) is 2.74. The molecule has 0 atom stereocenters. The Bertz CT molecular complexity index is 1410. The third-order valence-corrected chi connectivity index (χ3v) is 6.26. The number of amides is 1. The fourth-order valence-corrected chi connectivity index (χ4v) is 4.29. The van der Waals surface area contributed by atoms with Crippen molar-refractivity contribution >= 4 is 46.1 Å². The van der Waals surface area contributed by atoms with E-state index in [0.29, 0.717) is 34.9 Å². The van der Waals surface area contributed by atoms with Crippen molar-refractivity contribution < 1.29 is 9.59 Å². The van der Waals surface area contributed by atoms with Gasteiger partial charge in [0, 0.05) is 48.0 Å². The molecule has 7 heteroatoms. The average Bonchev–Trinajstić information content (AvgIpc) is 2.91. The maximum atomic E-state index is 13.0. The van der Waals surface area contributed by atoms with E-state index in [1.807, 2.05) is 53.4 Å². The second kappa shape index (κ2) is 10.1. The average molecular weight is 483 g/mol. The smallest absolute Gasteiger partial charge is 0.253 e. The van der Waals surface area contributed by atoms with Crippen LogP contribution in [0.15, 0.2) is 85.1 Å². The zero-order valence-electron chi connectivity index (χ0n) is 19.0. The molecule has 0 saturated carbocycles. The predicted molar refractivity (Wildman–Crippen MR) is 139 cm³/mol. The first-order valence-electron chi connectivity index (χ1n) is 11.4. The first-order chi connectivity index (χ1) is 17.1. The predicted octanol–water partition coefficient (Wildman–Crippen LogP) is 5.14. The van der Waals surface area contributed by atoms with Gasteiger partial charge in [0.25, 0.3) is 5.91 Å².